The summed E-state index contributed by atoms with van der Waals surface area (Å²) in [6.45, 7) is 4.05. The Morgan fingerprint density at radius 2 is 1.77 bits per heavy atom. The topological polar surface area (TPSA) is 116 Å². The molecule has 4 heterocycles. The van der Waals surface area contributed by atoms with Crippen LogP contribution in [0.2, 0.25) is 0 Å². The summed E-state index contributed by atoms with van der Waals surface area (Å²) in [4.78, 5) is 46.1. The van der Waals surface area contributed by atoms with Crippen LogP contribution in [0.1, 0.15) is 51.2 Å². The molecule has 0 saturated carbocycles. The molecule has 0 unspecified atom stereocenters. The number of nitrogens with one attached hydrogen (secondary N) is 2. The third kappa shape index (κ3) is 6.52. The van der Waals surface area contributed by atoms with Gasteiger partial charge in [-0.3, -0.25) is 19.3 Å². The third-order valence-electron chi connectivity index (χ3n) is 8.15. The Morgan fingerprint density at radius 3 is 2.61 bits per heavy atom. The molecule has 1 fully saturated rings. The summed E-state index contributed by atoms with van der Waals surface area (Å²) in [5, 5.41) is 11.0. The van der Waals surface area contributed by atoms with Crippen molar-refractivity contribution in [2.75, 3.05) is 39.3 Å². The van der Waals surface area contributed by atoms with Crippen LogP contribution in [0.5, 0.6) is 0 Å². The lowest BCUT2D eigenvalue weighted by Crippen LogP contribution is -2.49. The number of aromatic nitrogens is 4. The molecular formula is C33H34FN7O3. The molecular weight excluding hydrogens is 561 g/mol. The highest BCUT2D eigenvalue weighted by atomic mass is 19.1. The summed E-state index contributed by atoms with van der Waals surface area (Å²) in [6.07, 6.45) is 8.52. The number of pyridine rings is 1. The largest absolute Gasteiger partial charge is 0.352 e. The average molecular weight is 596 g/mol. The number of aromatic amines is 1. The number of rotatable bonds is 10. The van der Waals surface area contributed by atoms with Gasteiger partial charge in [0, 0.05) is 63.1 Å². The first-order chi connectivity index (χ1) is 21.5. The minimum absolute atomic E-state index is 0.0525. The predicted octanol–water partition coefficient (Wildman–Crippen LogP) is 3.66. The fourth-order valence-corrected chi connectivity index (χ4v) is 5.69. The molecule has 44 heavy (non-hydrogen) atoms. The zero-order valence-corrected chi connectivity index (χ0v) is 24.3. The Hall–Kier alpha value is -4.90. The first kappa shape index (κ1) is 29.2. The van der Waals surface area contributed by atoms with Crippen molar-refractivity contribution >= 4 is 28.2 Å². The van der Waals surface area contributed by atoms with Crippen molar-refractivity contribution in [3.63, 3.8) is 0 Å². The minimum atomic E-state index is -0.546. The lowest BCUT2D eigenvalue weighted by atomic mass is 10.0. The second-order valence-corrected chi connectivity index (χ2v) is 11.1. The monoisotopic (exact) mass is 595 g/mol. The maximum Gasteiger partial charge on any atom is 0.272 e. The van der Waals surface area contributed by atoms with Crippen molar-refractivity contribution in [1.29, 1.82) is 0 Å². The molecule has 0 spiro atoms. The highest BCUT2D eigenvalue weighted by molar-refractivity contribution is 5.95. The Kier molecular flexibility index (Phi) is 8.74. The number of imidazole rings is 1. The van der Waals surface area contributed by atoms with E-state index in [1.54, 1.807) is 47.6 Å². The van der Waals surface area contributed by atoms with E-state index in [0.717, 1.165) is 55.5 Å². The molecule has 10 nitrogen and oxygen atoms in total. The Bertz CT molecular complexity index is 1860. The van der Waals surface area contributed by atoms with Crippen molar-refractivity contribution in [2.45, 2.75) is 25.7 Å². The van der Waals surface area contributed by atoms with E-state index in [-0.39, 0.29) is 22.9 Å². The summed E-state index contributed by atoms with van der Waals surface area (Å²) in [5.74, 6) is -0.953. The summed E-state index contributed by atoms with van der Waals surface area (Å²) in [7, 11) is 0. The molecule has 0 atom stereocenters. The van der Waals surface area contributed by atoms with Crippen LogP contribution < -0.4 is 10.9 Å². The Morgan fingerprint density at radius 1 is 0.955 bits per heavy atom. The molecule has 1 aliphatic heterocycles. The lowest BCUT2D eigenvalue weighted by Gasteiger charge is -2.35. The zero-order chi connectivity index (χ0) is 30.5. The number of amides is 2. The number of fused-ring (bicyclic) bond motifs is 2. The molecule has 2 aromatic carbocycles. The number of H-pyrrole nitrogens is 1. The van der Waals surface area contributed by atoms with Gasteiger partial charge in [-0.05, 0) is 55.3 Å². The SMILES string of the molecule is O=C(NCCCCCN1CCN(C(=O)c2cc(Cc3n[nH]c(=O)c4ccccc34)ccc2F)CC1)c1ccc2nccn2c1. The van der Waals surface area contributed by atoms with E-state index in [1.165, 1.54) is 6.07 Å². The molecule has 0 aliphatic carbocycles. The number of unbranched alkanes of at least 4 members (excludes halogenated alkanes) is 2. The minimum Gasteiger partial charge on any atom is -0.352 e. The van der Waals surface area contributed by atoms with Gasteiger partial charge in [-0.15, -0.1) is 0 Å². The molecule has 5 aromatic rings. The second kappa shape index (κ2) is 13.2. The third-order valence-corrected chi connectivity index (χ3v) is 8.15. The normalized spacial score (nSPS) is 13.9. The van der Waals surface area contributed by atoms with Gasteiger partial charge in [0.2, 0.25) is 0 Å². The Balaban J connectivity index is 0.946. The van der Waals surface area contributed by atoms with Gasteiger partial charge >= 0.3 is 0 Å². The van der Waals surface area contributed by atoms with Crippen molar-refractivity contribution in [3.8, 4) is 0 Å². The van der Waals surface area contributed by atoms with Crippen LogP contribution in [0.25, 0.3) is 16.4 Å². The van der Waals surface area contributed by atoms with Crippen LogP contribution in [-0.4, -0.2) is 80.5 Å². The first-order valence-electron chi connectivity index (χ1n) is 14.9. The fourth-order valence-electron chi connectivity index (χ4n) is 5.69. The zero-order valence-electron chi connectivity index (χ0n) is 24.3. The van der Waals surface area contributed by atoms with Crippen LogP contribution in [0, 0.1) is 5.82 Å². The van der Waals surface area contributed by atoms with Crippen LogP contribution >= 0.6 is 0 Å². The van der Waals surface area contributed by atoms with E-state index >= 15 is 0 Å². The molecule has 11 heteroatoms. The van der Waals surface area contributed by atoms with E-state index in [2.05, 4.69) is 25.4 Å². The van der Waals surface area contributed by atoms with Gasteiger partial charge < -0.3 is 14.6 Å². The fraction of sp³-hybridized carbons (Fsp3) is 0.303. The van der Waals surface area contributed by atoms with E-state index < -0.39 is 5.82 Å². The molecule has 0 bridgehead atoms. The number of benzene rings is 2. The van der Waals surface area contributed by atoms with Crippen LogP contribution in [0.4, 0.5) is 4.39 Å². The maximum atomic E-state index is 14.8. The van der Waals surface area contributed by atoms with Crippen molar-refractivity contribution < 1.29 is 14.0 Å². The van der Waals surface area contributed by atoms with E-state index in [0.29, 0.717) is 42.7 Å². The van der Waals surface area contributed by atoms with Crippen LogP contribution in [-0.2, 0) is 6.42 Å². The molecule has 1 saturated heterocycles. The molecule has 1 aliphatic rings. The number of carbonyl (C=O) groups is 2. The number of halogens is 1. The number of nitrogens with zero attached hydrogens (tertiary/aromatic N) is 5. The van der Waals surface area contributed by atoms with Crippen molar-refractivity contribution in [1.82, 2.24) is 34.7 Å². The molecule has 6 rings (SSSR count). The van der Waals surface area contributed by atoms with Gasteiger partial charge in [-0.25, -0.2) is 14.5 Å². The van der Waals surface area contributed by atoms with E-state index in [9.17, 15) is 18.8 Å². The molecule has 2 N–H and O–H groups in total. The highest BCUT2D eigenvalue weighted by Crippen LogP contribution is 2.20. The van der Waals surface area contributed by atoms with Crippen LogP contribution in [0.3, 0.4) is 0 Å². The summed E-state index contributed by atoms with van der Waals surface area (Å²) in [6, 6.07) is 15.4. The standard InChI is InChI=1S/C33H34FN7O3/c34-28-10-8-23(21-29-25-6-2-3-7-26(25)32(43)38-37-29)20-27(28)33(44)40-18-16-39(17-19-40)14-5-1-4-12-36-31(42)24-9-11-30-35-13-15-41(30)22-24/h2-3,6-11,13,15,20,22H,1,4-5,12,14,16-19,21H2,(H,36,42)(H,38,43). The molecule has 0 radical (unpaired) electrons. The first-order valence-corrected chi connectivity index (χ1v) is 14.9. The lowest BCUT2D eigenvalue weighted by molar-refractivity contribution is 0.0630. The van der Waals surface area contributed by atoms with E-state index in [4.69, 9.17) is 0 Å². The highest BCUT2D eigenvalue weighted by Gasteiger charge is 2.24. The number of hydrogen-bond acceptors (Lipinski definition) is 6. The molecule has 2 amide bonds. The van der Waals surface area contributed by atoms with Gasteiger partial charge in [0.1, 0.15) is 11.5 Å². The van der Waals surface area contributed by atoms with Gasteiger partial charge in [-0.1, -0.05) is 30.7 Å². The smallest absolute Gasteiger partial charge is 0.272 e. The Labute approximate surface area is 253 Å². The maximum absolute atomic E-state index is 14.8. The van der Waals surface area contributed by atoms with E-state index in [1.807, 2.05) is 28.8 Å². The van der Waals surface area contributed by atoms with Crippen molar-refractivity contribution in [3.05, 3.63) is 112 Å². The number of piperazine rings is 1. The van der Waals surface area contributed by atoms with Gasteiger partial charge in [0.05, 0.1) is 22.2 Å². The average Bonchev–Trinajstić information content (AvgIpc) is 3.53. The quantitative estimate of drug-likeness (QED) is 0.238. The predicted molar refractivity (Wildman–Crippen MR) is 165 cm³/mol. The van der Waals surface area contributed by atoms with Gasteiger partial charge in [0.15, 0.2) is 0 Å². The summed E-state index contributed by atoms with van der Waals surface area (Å²) in [5.41, 5.74) is 2.61. The van der Waals surface area contributed by atoms with Gasteiger partial charge in [0.25, 0.3) is 17.4 Å². The second-order valence-electron chi connectivity index (χ2n) is 11.1. The van der Waals surface area contributed by atoms with Crippen LogP contribution in [0.15, 0.2) is 78.0 Å². The molecule has 226 valence electrons. The number of hydrogen-bond donors (Lipinski definition) is 2. The van der Waals surface area contributed by atoms with Crippen molar-refractivity contribution in [2.24, 2.45) is 0 Å². The number of carbonyl (C=O) groups excluding carboxylic acids is 2. The van der Waals surface area contributed by atoms with Gasteiger partial charge in [-0.2, -0.15) is 5.10 Å². The summed E-state index contributed by atoms with van der Waals surface area (Å²) >= 11 is 0. The summed E-state index contributed by atoms with van der Waals surface area (Å²) < 4.78 is 16.6. The molecule has 3 aromatic heterocycles.